The van der Waals surface area contributed by atoms with Gasteiger partial charge in [0, 0.05) is 12.5 Å². The first-order valence-corrected chi connectivity index (χ1v) is 7.24. The van der Waals surface area contributed by atoms with E-state index in [0.29, 0.717) is 32.6 Å². The summed E-state index contributed by atoms with van der Waals surface area (Å²) >= 11 is 0. The molecule has 1 N–H and O–H groups in total. The molecule has 1 aliphatic heterocycles. The second-order valence-electron chi connectivity index (χ2n) is 5.57. The van der Waals surface area contributed by atoms with Gasteiger partial charge in [-0.25, -0.2) is 0 Å². The molecular weight excluding hydrogens is 246 g/mol. The molecule has 2 aliphatic rings. The van der Waals surface area contributed by atoms with Gasteiger partial charge in [-0.2, -0.15) is 0 Å². The molecule has 1 saturated carbocycles. The fourth-order valence-electron chi connectivity index (χ4n) is 3.16. The summed E-state index contributed by atoms with van der Waals surface area (Å²) in [6.07, 6.45) is 3.77. The minimum absolute atomic E-state index is 0.109. The Morgan fingerprint density at radius 3 is 2.74 bits per heavy atom. The maximum atomic E-state index is 12.6. The number of nitrogens with zero attached hydrogens (tertiary/aromatic N) is 1. The van der Waals surface area contributed by atoms with Crippen molar-refractivity contribution in [3.05, 3.63) is 0 Å². The summed E-state index contributed by atoms with van der Waals surface area (Å²) in [5.41, 5.74) is 0. The normalized spacial score (nSPS) is 32.1. The van der Waals surface area contributed by atoms with Crippen molar-refractivity contribution in [1.82, 2.24) is 4.90 Å². The van der Waals surface area contributed by atoms with Gasteiger partial charge in [-0.1, -0.05) is 13.3 Å². The Kier molecular flexibility index (Phi) is 4.80. The smallest absolute Gasteiger partial charge is 0.306 e. The lowest BCUT2D eigenvalue weighted by Crippen LogP contribution is -2.51. The maximum absolute atomic E-state index is 12.6. The highest BCUT2D eigenvalue weighted by atomic mass is 16.5. The number of morpholine rings is 1. The Bertz CT molecular complexity index is 344. The fraction of sp³-hybridized carbons (Fsp3) is 0.857. The highest BCUT2D eigenvalue weighted by Crippen LogP contribution is 2.31. The van der Waals surface area contributed by atoms with E-state index < -0.39 is 5.97 Å². The molecule has 0 bridgehead atoms. The molecule has 3 atom stereocenters. The van der Waals surface area contributed by atoms with Gasteiger partial charge in [0.25, 0.3) is 0 Å². The summed E-state index contributed by atoms with van der Waals surface area (Å²) in [6.45, 7) is 3.90. The van der Waals surface area contributed by atoms with Crippen molar-refractivity contribution in [2.45, 2.75) is 45.1 Å². The molecule has 2 rings (SSSR count). The largest absolute Gasteiger partial charge is 0.481 e. The predicted molar refractivity (Wildman–Crippen MR) is 69.7 cm³/mol. The summed E-state index contributed by atoms with van der Waals surface area (Å²) in [6, 6.07) is 0.159. The Hall–Kier alpha value is -1.10. The van der Waals surface area contributed by atoms with Crippen molar-refractivity contribution in [1.29, 1.82) is 0 Å². The molecule has 108 valence electrons. The third-order valence-electron chi connectivity index (χ3n) is 4.35. The summed E-state index contributed by atoms with van der Waals surface area (Å²) in [5, 5.41) is 9.10. The van der Waals surface area contributed by atoms with Crippen LogP contribution in [0.15, 0.2) is 0 Å². The molecule has 0 aromatic carbocycles. The van der Waals surface area contributed by atoms with Crippen molar-refractivity contribution in [3.8, 4) is 0 Å². The van der Waals surface area contributed by atoms with Gasteiger partial charge in [-0.3, -0.25) is 9.59 Å². The topological polar surface area (TPSA) is 66.8 Å². The quantitative estimate of drug-likeness (QED) is 0.843. The van der Waals surface area contributed by atoms with Crippen molar-refractivity contribution in [2.24, 2.45) is 11.8 Å². The van der Waals surface area contributed by atoms with E-state index in [4.69, 9.17) is 9.84 Å². The molecule has 5 heteroatoms. The third-order valence-corrected chi connectivity index (χ3v) is 4.35. The van der Waals surface area contributed by atoms with Crippen LogP contribution in [0.4, 0.5) is 0 Å². The van der Waals surface area contributed by atoms with E-state index in [9.17, 15) is 9.59 Å². The number of aliphatic carboxylic acids is 1. The van der Waals surface area contributed by atoms with Crippen LogP contribution >= 0.6 is 0 Å². The van der Waals surface area contributed by atoms with Crippen LogP contribution in [0.2, 0.25) is 0 Å². The Morgan fingerprint density at radius 1 is 1.32 bits per heavy atom. The predicted octanol–water partition coefficient (Wildman–Crippen LogP) is 1.51. The van der Waals surface area contributed by atoms with E-state index >= 15 is 0 Å². The number of carboxylic acids is 1. The first-order chi connectivity index (χ1) is 9.13. The molecule has 1 heterocycles. The lowest BCUT2D eigenvalue weighted by atomic mass is 9.80. The molecule has 0 aromatic rings. The molecular formula is C14H23NO4. The van der Waals surface area contributed by atoms with Gasteiger partial charge in [0.05, 0.1) is 25.2 Å². The molecule has 0 spiro atoms. The van der Waals surface area contributed by atoms with E-state index in [1.807, 2.05) is 4.90 Å². The first-order valence-electron chi connectivity index (χ1n) is 7.24. The summed E-state index contributed by atoms with van der Waals surface area (Å²) in [7, 11) is 0. The first kappa shape index (κ1) is 14.3. The Morgan fingerprint density at radius 2 is 2.05 bits per heavy atom. The van der Waals surface area contributed by atoms with Gasteiger partial charge in [0.1, 0.15) is 0 Å². The molecule has 1 amide bonds. The second kappa shape index (κ2) is 6.37. The summed E-state index contributed by atoms with van der Waals surface area (Å²) in [5.74, 6) is -1.07. The zero-order chi connectivity index (χ0) is 13.8. The van der Waals surface area contributed by atoms with Gasteiger partial charge >= 0.3 is 5.97 Å². The van der Waals surface area contributed by atoms with E-state index in [2.05, 4.69) is 6.92 Å². The van der Waals surface area contributed by atoms with E-state index in [1.54, 1.807) is 0 Å². The van der Waals surface area contributed by atoms with Crippen LogP contribution < -0.4 is 0 Å². The third kappa shape index (κ3) is 3.26. The molecule has 5 nitrogen and oxygen atoms in total. The van der Waals surface area contributed by atoms with Crippen LogP contribution in [-0.2, 0) is 14.3 Å². The van der Waals surface area contributed by atoms with E-state index in [0.717, 1.165) is 19.3 Å². The number of ether oxygens (including phenoxy) is 1. The van der Waals surface area contributed by atoms with Crippen LogP contribution in [-0.4, -0.2) is 47.7 Å². The number of amides is 1. The maximum Gasteiger partial charge on any atom is 0.306 e. The number of hydrogen-bond acceptors (Lipinski definition) is 3. The van der Waals surface area contributed by atoms with Crippen LogP contribution in [0, 0.1) is 11.8 Å². The standard InChI is InChI=1S/C14H23NO4/c1-2-12-9-19-7-6-15(12)13(16)10-4-3-5-11(8-10)14(17)18/h10-12H,2-9H2,1H3,(H,17,18). The number of carbonyl (C=O) groups is 2. The average molecular weight is 269 g/mol. The van der Waals surface area contributed by atoms with Gasteiger partial charge < -0.3 is 14.7 Å². The SMILES string of the molecule is CCC1COCCN1C(=O)C1CCCC(C(=O)O)C1. The Labute approximate surface area is 113 Å². The van der Waals surface area contributed by atoms with Crippen LogP contribution in [0.1, 0.15) is 39.0 Å². The number of rotatable bonds is 3. The van der Waals surface area contributed by atoms with Crippen molar-refractivity contribution in [3.63, 3.8) is 0 Å². The molecule has 2 fully saturated rings. The minimum atomic E-state index is -0.758. The van der Waals surface area contributed by atoms with E-state index in [1.165, 1.54) is 0 Å². The molecule has 0 radical (unpaired) electrons. The van der Waals surface area contributed by atoms with Gasteiger partial charge in [0.15, 0.2) is 0 Å². The number of hydrogen-bond donors (Lipinski definition) is 1. The molecule has 3 unspecified atom stereocenters. The summed E-state index contributed by atoms with van der Waals surface area (Å²) in [4.78, 5) is 25.6. The molecule has 19 heavy (non-hydrogen) atoms. The van der Waals surface area contributed by atoms with Crippen molar-refractivity contribution in [2.75, 3.05) is 19.8 Å². The zero-order valence-corrected chi connectivity index (χ0v) is 11.5. The van der Waals surface area contributed by atoms with Crippen molar-refractivity contribution >= 4 is 11.9 Å². The van der Waals surface area contributed by atoms with E-state index in [-0.39, 0.29) is 23.8 Å². The molecule has 1 saturated heterocycles. The monoisotopic (exact) mass is 269 g/mol. The zero-order valence-electron chi connectivity index (χ0n) is 11.5. The lowest BCUT2D eigenvalue weighted by Gasteiger charge is -2.38. The van der Waals surface area contributed by atoms with Gasteiger partial charge in [-0.15, -0.1) is 0 Å². The fourth-order valence-corrected chi connectivity index (χ4v) is 3.16. The highest BCUT2D eigenvalue weighted by Gasteiger charge is 2.36. The lowest BCUT2D eigenvalue weighted by molar-refractivity contribution is -0.149. The summed E-state index contributed by atoms with van der Waals surface area (Å²) < 4.78 is 5.41. The molecule has 0 aromatic heterocycles. The number of carbonyl (C=O) groups excluding carboxylic acids is 1. The Balaban J connectivity index is 1.99. The highest BCUT2D eigenvalue weighted by molar-refractivity contribution is 5.80. The molecule has 1 aliphatic carbocycles. The van der Waals surface area contributed by atoms with Crippen LogP contribution in [0.25, 0.3) is 0 Å². The number of carboxylic acid groups (broad SMARTS) is 1. The van der Waals surface area contributed by atoms with Crippen molar-refractivity contribution < 1.29 is 19.4 Å². The average Bonchev–Trinajstić information content (AvgIpc) is 2.46. The minimum Gasteiger partial charge on any atom is -0.481 e. The van der Waals surface area contributed by atoms with Gasteiger partial charge in [0.2, 0.25) is 5.91 Å². The van der Waals surface area contributed by atoms with Gasteiger partial charge in [-0.05, 0) is 25.7 Å². The van der Waals surface area contributed by atoms with Crippen LogP contribution in [0.5, 0.6) is 0 Å². The van der Waals surface area contributed by atoms with Crippen LogP contribution in [0.3, 0.4) is 0 Å². The second-order valence-corrected chi connectivity index (χ2v) is 5.57.